The lowest BCUT2D eigenvalue weighted by atomic mass is 9.83. The minimum Gasteiger partial charge on any atom is -0.355 e. The van der Waals surface area contributed by atoms with Gasteiger partial charge in [-0.3, -0.25) is 4.79 Å². The molecule has 1 fully saturated rings. The van der Waals surface area contributed by atoms with E-state index in [1.807, 2.05) is 0 Å². The zero-order valence-corrected chi connectivity index (χ0v) is 8.19. The Morgan fingerprint density at radius 2 is 2.27 bits per heavy atom. The predicted molar refractivity (Wildman–Crippen MR) is 48.8 cm³/mol. The highest BCUT2D eigenvalue weighted by molar-refractivity contribution is 9.09. The molecule has 0 radical (unpaired) electrons. The molecule has 0 aromatic carbocycles. The maximum atomic E-state index is 11.1. The van der Waals surface area contributed by atoms with Gasteiger partial charge in [0.15, 0.2) is 0 Å². The molecule has 0 heterocycles. The molecule has 1 rings (SSSR count). The van der Waals surface area contributed by atoms with Crippen LogP contribution in [0.5, 0.6) is 0 Å². The van der Waals surface area contributed by atoms with Gasteiger partial charge in [-0.05, 0) is 18.8 Å². The Bertz CT molecular complexity index is 134. The summed E-state index contributed by atoms with van der Waals surface area (Å²) in [4.78, 5) is 11.1. The minimum atomic E-state index is 0.217. The lowest BCUT2D eigenvalue weighted by molar-refractivity contribution is -0.122. The van der Waals surface area contributed by atoms with E-state index in [9.17, 15) is 4.79 Å². The largest absolute Gasteiger partial charge is 0.355 e. The Morgan fingerprint density at radius 1 is 1.55 bits per heavy atom. The summed E-state index contributed by atoms with van der Waals surface area (Å²) in [7, 11) is 0. The quantitative estimate of drug-likeness (QED) is 0.717. The normalized spacial score (nSPS) is 17.5. The van der Waals surface area contributed by atoms with Gasteiger partial charge < -0.3 is 5.32 Å². The van der Waals surface area contributed by atoms with Crippen molar-refractivity contribution in [2.24, 2.45) is 5.92 Å². The SMILES string of the molecule is O=C(CC1CCC1)NCCBr. The van der Waals surface area contributed by atoms with E-state index in [0.717, 1.165) is 18.3 Å². The van der Waals surface area contributed by atoms with Crippen LogP contribution in [-0.2, 0) is 4.79 Å². The van der Waals surface area contributed by atoms with Gasteiger partial charge in [-0.15, -0.1) is 0 Å². The van der Waals surface area contributed by atoms with Gasteiger partial charge in [0, 0.05) is 18.3 Å². The number of hydrogen-bond donors (Lipinski definition) is 1. The first-order valence-electron chi connectivity index (χ1n) is 4.15. The van der Waals surface area contributed by atoms with Gasteiger partial charge in [-0.1, -0.05) is 22.4 Å². The molecule has 0 aromatic rings. The maximum Gasteiger partial charge on any atom is 0.220 e. The zero-order valence-electron chi connectivity index (χ0n) is 6.61. The monoisotopic (exact) mass is 219 g/mol. The zero-order chi connectivity index (χ0) is 8.10. The third-order valence-corrected chi connectivity index (χ3v) is 2.51. The Hall–Kier alpha value is -0.0500. The molecule has 0 bridgehead atoms. The van der Waals surface area contributed by atoms with Crippen molar-refractivity contribution >= 4 is 21.8 Å². The molecular formula is C8H14BrNO. The fraction of sp³-hybridized carbons (Fsp3) is 0.875. The van der Waals surface area contributed by atoms with Crippen molar-refractivity contribution in [1.29, 1.82) is 0 Å². The molecule has 0 saturated heterocycles. The van der Waals surface area contributed by atoms with Crippen LogP contribution in [0.1, 0.15) is 25.7 Å². The van der Waals surface area contributed by atoms with Crippen molar-refractivity contribution in [2.75, 3.05) is 11.9 Å². The summed E-state index contributed by atoms with van der Waals surface area (Å²) in [5, 5.41) is 3.70. The van der Waals surface area contributed by atoms with E-state index in [0.29, 0.717) is 5.92 Å². The van der Waals surface area contributed by atoms with Gasteiger partial charge in [0.25, 0.3) is 0 Å². The summed E-state index contributed by atoms with van der Waals surface area (Å²) in [6.07, 6.45) is 4.56. The Balaban J connectivity index is 2.00. The highest BCUT2D eigenvalue weighted by Gasteiger charge is 2.19. The molecule has 11 heavy (non-hydrogen) atoms. The van der Waals surface area contributed by atoms with Crippen molar-refractivity contribution in [3.05, 3.63) is 0 Å². The summed E-state index contributed by atoms with van der Waals surface area (Å²) < 4.78 is 0. The first-order valence-corrected chi connectivity index (χ1v) is 5.27. The Morgan fingerprint density at radius 3 is 2.73 bits per heavy atom. The van der Waals surface area contributed by atoms with Crippen LogP contribution in [0.3, 0.4) is 0 Å². The first kappa shape index (κ1) is 9.04. The van der Waals surface area contributed by atoms with Crippen molar-refractivity contribution in [2.45, 2.75) is 25.7 Å². The molecule has 3 heteroatoms. The number of carbonyl (C=O) groups excluding carboxylic acids is 1. The van der Waals surface area contributed by atoms with Gasteiger partial charge in [0.2, 0.25) is 5.91 Å². The molecule has 2 nitrogen and oxygen atoms in total. The van der Waals surface area contributed by atoms with Gasteiger partial charge in [-0.25, -0.2) is 0 Å². The van der Waals surface area contributed by atoms with E-state index in [1.54, 1.807) is 0 Å². The number of rotatable bonds is 4. The number of amides is 1. The summed E-state index contributed by atoms with van der Waals surface area (Å²) in [6, 6.07) is 0. The minimum absolute atomic E-state index is 0.217. The van der Waals surface area contributed by atoms with Crippen molar-refractivity contribution < 1.29 is 4.79 Å². The molecule has 0 spiro atoms. The van der Waals surface area contributed by atoms with Gasteiger partial charge in [0.05, 0.1) is 0 Å². The van der Waals surface area contributed by atoms with E-state index in [1.165, 1.54) is 19.3 Å². The standard InChI is InChI=1S/C8H14BrNO/c9-4-5-10-8(11)6-7-2-1-3-7/h7H,1-6H2,(H,10,11). The molecule has 0 aromatic heterocycles. The molecule has 1 N–H and O–H groups in total. The summed E-state index contributed by atoms with van der Waals surface area (Å²) in [5.41, 5.74) is 0. The van der Waals surface area contributed by atoms with Crippen LogP contribution in [0.2, 0.25) is 0 Å². The average molecular weight is 220 g/mol. The smallest absolute Gasteiger partial charge is 0.220 e. The molecule has 1 amide bonds. The highest BCUT2D eigenvalue weighted by atomic mass is 79.9. The molecule has 1 saturated carbocycles. The molecule has 0 unspecified atom stereocenters. The molecule has 0 atom stereocenters. The van der Waals surface area contributed by atoms with Crippen LogP contribution in [0.4, 0.5) is 0 Å². The summed E-state index contributed by atoms with van der Waals surface area (Å²) in [5.74, 6) is 0.902. The van der Waals surface area contributed by atoms with E-state index < -0.39 is 0 Å². The van der Waals surface area contributed by atoms with Gasteiger partial charge in [-0.2, -0.15) is 0 Å². The topological polar surface area (TPSA) is 29.1 Å². The predicted octanol–water partition coefficient (Wildman–Crippen LogP) is 1.69. The van der Waals surface area contributed by atoms with Crippen LogP contribution < -0.4 is 5.32 Å². The third-order valence-electron chi connectivity index (χ3n) is 2.12. The molecule has 0 aliphatic heterocycles. The third kappa shape index (κ3) is 3.23. The van der Waals surface area contributed by atoms with Gasteiger partial charge in [0.1, 0.15) is 0 Å². The molecule has 1 aliphatic rings. The Labute approximate surface area is 75.9 Å². The average Bonchev–Trinajstić information content (AvgIpc) is 1.93. The fourth-order valence-corrected chi connectivity index (χ4v) is 1.42. The fourth-order valence-electron chi connectivity index (χ4n) is 1.22. The van der Waals surface area contributed by atoms with E-state index in [-0.39, 0.29) is 5.91 Å². The number of halogens is 1. The van der Waals surface area contributed by atoms with Crippen LogP contribution in [0, 0.1) is 5.92 Å². The summed E-state index contributed by atoms with van der Waals surface area (Å²) in [6.45, 7) is 0.756. The second-order valence-electron chi connectivity index (χ2n) is 3.04. The first-order chi connectivity index (χ1) is 5.33. The van der Waals surface area contributed by atoms with Crippen molar-refractivity contribution in [1.82, 2.24) is 5.32 Å². The van der Waals surface area contributed by atoms with Crippen LogP contribution in [-0.4, -0.2) is 17.8 Å². The number of alkyl halides is 1. The number of carbonyl (C=O) groups is 1. The van der Waals surface area contributed by atoms with Crippen LogP contribution >= 0.6 is 15.9 Å². The molecule has 64 valence electrons. The van der Waals surface area contributed by atoms with E-state index >= 15 is 0 Å². The number of hydrogen-bond acceptors (Lipinski definition) is 1. The van der Waals surface area contributed by atoms with E-state index in [4.69, 9.17) is 0 Å². The second kappa shape index (κ2) is 4.75. The van der Waals surface area contributed by atoms with Crippen molar-refractivity contribution in [3.8, 4) is 0 Å². The lowest BCUT2D eigenvalue weighted by Crippen LogP contribution is -2.28. The number of nitrogens with one attached hydrogen (secondary N) is 1. The van der Waals surface area contributed by atoms with E-state index in [2.05, 4.69) is 21.2 Å². The second-order valence-corrected chi connectivity index (χ2v) is 3.83. The van der Waals surface area contributed by atoms with Gasteiger partial charge >= 0.3 is 0 Å². The molecule has 1 aliphatic carbocycles. The molecular weight excluding hydrogens is 206 g/mol. The maximum absolute atomic E-state index is 11.1. The van der Waals surface area contributed by atoms with Crippen LogP contribution in [0.25, 0.3) is 0 Å². The van der Waals surface area contributed by atoms with Crippen molar-refractivity contribution in [3.63, 3.8) is 0 Å². The highest BCUT2D eigenvalue weighted by Crippen LogP contribution is 2.28. The summed E-state index contributed by atoms with van der Waals surface area (Å²) >= 11 is 3.26. The Kier molecular flexibility index (Phi) is 3.91. The van der Waals surface area contributed by atoms with Crippen LogP contribution in [0.15, 0.2) is 0 Å². The lowest BCUT2D eigenvalue weighted by Gasteiger charge is -2.24.